The monoisotopic (exact) mass is 289 g/mol. The summed E-state index contributed by atoms with van der Waals surface area (Å²) in [7, 11) is -3.03. The Morgan fingerprint density at radius 1 is 1.32 bits per heavy atom. The second-order valence-electron chi connectivity index (χ2n) is 5.68. The Balaban J connectivity index is 2.07. The van der Waals surface area contributed by atoms with E-state index in [1.165, 1.54) is 6.42 Å². The van der Waals surface area contributed by atoms with Gasteiger partial charge in [0.15, 0.2) is 9.84 Å². The molecule has 110 valence electrons. The standard InChI is InChI=1S/C13H23NO4S/c1-2-19(17,18)8-7-14-11-6-4-3-5-10(11)9-12(14)13(15)16/h10-12H,2-9H2,1H3,(H,15,16)/t10-,11-,12-/m0/s1. The second kappa shape index (κ2) is 5.79. The highest BCUT2D eigenvalue weighted by Gasteiger charge is 2.45. The first-order valence-electron chi connectivity index (χ1n) is 7.13. The number of carboxylic acids is 1. The van der Waals surface area contributed by atoms with Gasteiger partial charge in [0.05, 0.1) is 5.75 Å². The highest BCUT2D eigenvalue weighted by Crippen LogP contribution is 2.39. The Kier molecular flexibility index (Phi) is 4.50. The zero-order chi connectivity index (χ0) is 14.0. The summed E-state index contributed by atoms with van der Waals surface area (Å²) < 4.78 is 23.2. The van der Waals surface area contributed by atoms with Crippen molar-refractivity contribution in [3.63, 3.8) is 0 Å². The fourth-order valence-electron chi connectivity index (χ4n) is 3.51. The molecule has 0 unspecified atom stereocenters. The highest BCUT2D eigenvalue weighted by atomic mass is 32.2. The van der Waals surface area contributed by atoms with Crippen molar-refractivity contribution in [3.8, 4) is 0 Å². The molecule has 5 nitrogen and oxygen atoms in total. The van der Waals surface area contributed by atoms with Gasteiger partial charge in [0.1, 0.15) is 6.04 Å². The summed E-state index contributed by atoms with van der Waals surface area (Å²) in [5.74, 6) is -0.147. The Hall–Kier alpha value is -0.620. The van der Waals surface area contributed by atoms with Crippen molar-refractivity contribution in [2.75, 3.05) is 18.1 Å². The molecule has 2 rings (SSSR count). The molecule has 1 N–H and O–H groups in total. The molecule has 0 radical (unpaired) electrons. The molecular weight excluding hydrogens is 266 g/mol. The van der Waals surface area contributed by atoms with E-state index in [1.54, 1.807) is 6.92 Å². The van der Waals surface area contributed by atoms with Crippen LogP contribution >= 0.6 is 0 Å². The van der Waals surface area contributed by atoms with E-state index in [-0.39, 0.29) is 17.5 Å². The molecule has 0 bridgehead atoms. The smallest absolute Gasteiger partial charge is 0.320 e. The normalized spacial score (nSPS) is 32.2. The zero-order valence-corrected chi connectivity index (χ0v) is 12.2. The average Bonchev–Trinajstić information content (AvgIpc) is 2.75. The van der Waals surface area contributed by atoms with Crippen LogP contribution in [0.15, 0.2) is 0 Å². The van der Waals surface area contributed by atoms with Crippen molar-refractivity contribution < 1.29 is 18.3 Å². The minimum Gasteiger partial charge on any atom is -0.480 e. The van der Waals surface area contributed by atoms with Gasteiger partial charge >= 0.3 is 5.97 Å². The number of hydrogen-bond donors (Lipinski definition) is 1. The lowest BCUT2D eigenvalue weighted by Crippen LogP contribution is -2.44. The van der Waals surface area contributed by atoms with Gasteiger partial charge in [0, 0.05) is 18.3 Å². The maximum absolute atomic E-state index is 11.6. The maximum atomic E-state index is 11.6. The Morgan fingerprint density at radius 2 is 2.00 bits per heavy atom. The maximum Gasteiger partial charge on any atom is 0.320 e. The quantitative estimate of drug-likeness (QED) is 0.821. The molecular formula is C13H23NO4S. The summed E-state index contributed by atoms with van der Waals surface area (Å²) in [6, 6.07) is -0.206. The van der Waals surface area contributed by atoms with Gasteiger partial charge in [-0.25, -0.2) is 8.42 Å². The van der Waals surface area contributed by atoms with E-state index in [9.17, 15) is 18.3 Å². The third kappa shape index (κ3) is 3.28. The fraction of sp³-hybridized carbons (Fsp3) is 0.923. The van der Waals surface area contributed by atoms with Crippen molar-refractivity contribution in [3.05, 3.63) is 0 Å². The first-order valence-corrected chi connectivity index (χ1v) is 8.95. The van der Waals surface area contributed by atoms with Crippen LogP contribution in [0.3, 0.4) is 0 Å². The van der Waals surface area contributed by atoms with E-state index < -0.39 is 21.8 Å². The van der Waals surface area contributed by atoms with Crippen LogP contribution in [-0.2, 0) is 14.6 Å². The number of carboxylic acid groups (broad SMARTS) is 1. The van der Waals surface area contributed by atoms with Gasteiger partial charge in [-0.15, -0.1) is 0 Å². The number of likely N-dealkylation sites (tertiary alicyclic amines) is 1. The molecule has 2 fully saturated rings. The van der Waals surface area contributed by atoms with Crippen LogP contribution in [0.4, 0.5) is 0 Å². The van der Waals surface area contributed by atoms with Crippen molar-refractivity contribution in [1.82, 2.24) is 4.90 Å². The van der Waals surface area contributed by atoms with Crippen LogP contribution in [-0.4, -0.2) is 54.5 Å². The molecule has 2 aliphatic rings. The van der Waals surface area contributed by atoms with Gasteiger partial charge < -0.3 is 5.11 Å². The minimum atomic E-state index is -3.03. The Bertz CT molecular complexity index is 434. The molecule has 0 amide bonds. The van der Waals surface area contributed by atoms with Crippen LogP contribution in [0.25, 0.3) is 0 Å². The van der Waals surface area contributed by atoms with Gasteiger partial charge in [0.2, 0.25) is 0 Å². The molecule has 19 heavy (non-hydrogen) atoms. The third-order valence-corrected chi connectivity index (χ3v) is 6.29. The van der Waals surface area contributed by atoms with Crippen molar-refractivity contribution in [1.29, 1.82) is 0 Å². The number of carbonyl (C=O) groups is 1. The predicted molar refractivity (Wildman–Crippen MR) is 72.8 cm³/mol. The van der Waals surface area contributed by atoms with Crippen molar-refractivity contribution >= 4 is 15.8 Å². The van der Waals surface area contributed by atoms with Crippen molar-refractivity contribution in [2.24, 2.45) is 5.92 Å². The van der Waals surface area contributed by atoms with E-state index in [1.807, 2.05) is 4.90 Å². The van der Waals surface area contributed by atoms with Crippen LogP contribution in [0.2, 0.25) is 0 Å². The summed E-state index contributed by atoms with van der Waals surface area (Å²) in [5, 5.41) is 9.33. The lowest BCUT2D eigenvalue weighted by Gasteiger charge is -2.32. The lowest BCUT2D eigenvalue weighted by molar-refractivity contribution is -0.142. The van der Waals surface area contributed by atoms with E-state index in [2.05, 4.69) is 0 Å². The van der Waals surface area contributed by atoms with Gasteiger partial charge in [-0.1, -0.05) is 19.8 Å². The molecule has 0 aromatic heterocycles. The molecule has 1 aliphatic heterocycles. The van der Waals surface area contributed by atoms with Gasteiger partial charge in [-0.3, -0.25) is 9.69 Å². The number of aliphatic carboxylic acids is 1. The Labute approximate surface area is 114 Å². The van der Waals surface area contributed by atoms with Gasteiger partial charge in [-0.2, -0.15) is 0 Å². The van der Waals surface area contributed by atoms with Crippen LogP contribution in [0.1, 0.15) is 39.0 Å². The predicted octanol–water partition coefficient (Wildman–Crippen LogP) is 1.14. The summed E-state index contributed by atoms with van der Waals surface area (Å²) >= 11 is 0. The van der Waals surface area contributed by atoms with E-state index in [4.69, 9.17) is 0 Å². The van der Waals surface area contributed by atoms with E-state index in [0.717, 1.165) is 19.3 Å². The average molecular weight is 289 g/mol. The number of nitrogens with zero attached hydrogens (tertiary/aromatic N) is 1. The highest BCUT2D eigenvalue weighted by molar-refractivity contribution is 7.91. The molecule has 3 atom stereocenters. The molecule has 0 aromatic carbocycles. The topological polar surface area (TPSA) is 74.7 Å². The molecule has 1 saturated heterocycles. The molecule has 0 spiro atoms. The Morgan fingerprint density at radius 3 is 2.63 bits per heavy atom. The number of rotatable bonds is 5. The first-order chi connectivity index (χ1) is 8.94. The summed E-state index contributed by atoms with van der Waals surface area (Å²) in [6.45, 7) is 2.01. The van der Waals surface area contributed by atoms with E-state index in [0.29, 0.717) is 18.9 Å². The van der Waals surface area contributed by atoms with Crippen molar-refractivity contribution in [2.45, 2.75) is 51.1 Å². The third-order valence-electron chi connectivity index (χ3n) is 4.61. The zero-order valence-electron chi connectivity index (χ0n) is 11.4. The van der Waals surface area contributed by atoms with Crippen LogP contribution in [0, 0.1) is 5.92 Å². The van der Waals surface area contributed by atoms with Gasteiger partial charge in [0.25, 0.3) is 0 Å². The van der Waals surface area contributed by atoms with Crippen LogP contribution in [0.5, 0.6) is 0 Å². The lowest BCUT2D eigenvalue weighted by atomic mass is 9.85. The SMILES string of the molecule is CCS(=O)(=O)CCN1[C@H](C(=O)O)C[C@@H]2CCCC[C@@H]21. The summed E-state index contributed by atoms with van der Waals surface area (Å²) in [5.41, 5.74) is 0. The summed E-state index contributed by atoms with van der Waals surface area (Å²) in [6.07, 6.45) is 5.09. The van der Waals surface area contributed by atoms with Gasteiger partial charge in [-0.05, 0) is 25.2 Å². The molecule has 6 heteroatoms. The largest absolute Gasteiger partial charge is 0.480 e. The van der Waals surface area contributed by atoms with E-state index >= 15 is 0 Å². The molecule has 1 saturated carbocycles. The fourth-order valence-corrected chi connectivity index (χ4v) is 4.28. The second-order valence-corrected chi connectivity index (χ2v) is 8.15. The number of sulfone groups is 1. The molecule has 1 aliphatic carbocycles. The number of hydrogen-bond acceptors (Lipinski definition) is 4. The molecule has 1 heterocycles. The molecule has 0 aromatic rings. The van der Waals surface area contributed by atoms with Crippen LogP contribution < -0.4 is 0 Å². The minimum absolute atomic E-state index is 0.0799. The first kappa shape index (κ1) is 14.8. The number of fused-ring (bicyclic) bond motifs is 1. The summed E-state index contributed by atoms with van der Waals surface area (Å²) in [4.78, 5) is 13.3.